The van der Waals surface area contributed by atoms with Crippen LogP contribution >= 0.6 is 0 Å². The summed E-state index contributed by atoms with van der Waals surface area (Å²) in [5.74, 6) is 6.79. The van der Waals surface area contributed by atoms with Gasteiger partial charge in [-0.15, -0.1) is 5.92 Å². The van der Waals surface area contributed by atoms with Crippen LogP contribution in [0.4, 0.5) is 5.82 Å². The Morgan fingerprint density at radius 1 is 1.19 bits per heavy atom. The molecule has 6 nitrogen and oxygen atoms in total. The van der Waals surface area contributed by atoms with E-state index in [4.69, 9.17) is 9.47 Å². The summed E-state index contributed by atoms with van der Waals surface area (Å²) in [5, 5.41) is 10.6. The molecular weight excluding hydrogens is 342 g/mol. The fourth-order valence-electron chi connectivity index (χ4n) is 2.48. The van der Waals surface area contributed by atoms with Crippen LogP contribution in [0.2, 0.25) is 0 Å². The summed E-state index contributed by atoms with van der Waals surface area (Å²) in [4.78, 5) is 12.1. The van der Waals surface area contributed by atoms with E-state index in [0.29, 0.717) is 24.8 Å². The van der Waals surface area contributed by atoms with Crippen LogP contribution in [-0.4, -0.2) is 29.3 Å². The maximum atomic E-state index is 12.1. The lowest BCUT2D eigenvalue weighted by Crippen LogP contribution is -2.18. The number of rotatable bonds is 7. The van der Waals surface area contributed by atoms with Crippen molar-refractivity contribution in [3.05, 3.63) is 54.1 Å². The number of H-pyrrole nitrogens is 1. The summed E-state index contributed by atoms with van der Waals surface area (Å²) in [6.45, 7) is 2.68. The Labute approximate surface area is 157 Å². The summed E-state index contributed by atoms with van der Waals surface area (Å²) < 4.78 is 11.0. The van der Waals surface area contributed by atoms with Crippen LogP contribution in [0.1, 0.15) is 18.9 Å². The molecule has 1 aromatic heterocycles. The molecule has 2 aromatic carbocycles. The Hall–Kier alpha value is -3.30. The quantitative estimate of drug-likeness (QED) is 0.630. The van der Waals surface area contributed by atoms with Crippen LogP contribution in [0, 0.1) is 11.8 Å². The number of amides is 1. The van der Waals surface area contributed by atoms with E-state index in [1.807, 2.05) is 55.5 Å². The number of hydrogen-bond donors (Lipinski definition) is 2. The first-order chi connectivity index (χ1) is 13.3. The van der Waals surface area contributed by atoms with Crippen molar-refractivity contribution < 1.29 is 14.3 Å². The van der Waals surface area contributed by atoms with Gasteiger partial charge in [0.1, 0.15) is 19.0 Å². The van der Waals surface area contributed by atoms with Crippen LogP contribution in [0.15, 0.2) is 48.5 Å². The number of carbonyl (C=O) groups is 1. The van der Waals surface area contributed by atoms with Gasteiger partial charge in [0.05, 0.1) is 12.1 Å². The van der Waals surface area contributed by atoms with E-state index >= 15 is 0 Å². The summed E-state index contributed by atoms with van der Waals surface area (Å²) in [6.07, 6.45) is 0.807. The Morgan fingerprint density at radius 2 is 2.04 bits per heavy atom. The van der Waals surface area contributed by atoms with Crippen molar-refractivity contribution in [2.24, 2.45) is 0 Å². The molecule has 0 spiro atoms. The molecule has 0 bridgehead atoms. The molecule has 0 radical (unpaired) electrons. The zero-order valence-corrected chi connectivity index (χ0v) is 15.1. The number of aromatic amines is 1. The number of aromatic nitrogens is 2. The van der Waals surface area contributed by atoms with E-state index in [9.17, 15) is 4.79 Å². The second-order valence-corrected chi connectivity index (χ2v) is 5.80. The van der Waals surface area contributed by atoms with E-state index in [2.05, 4.69) is 27.4 Å². The number of hydrogen-bond acceptors (Lipinski definition) is 4. The summed E-state index contributed by atoms with van der Waals surface area (Å²) >= 11 is 0. The van der Waals surface area contributed by atoms with Gasteiger partial charge in [-0.25, -0.2) is 0 Å². The van der Waals surface area contributed by atoms with Crippen LogP contribution < -0.4 is 10.1 Å². The molecule has 0 unspecified atom stereocenters. The highest BCUT2D eigenvalue weighted by Gasteiger charge is 2.10. The molecule has 0 aliphatic rings. The number of fused-ring (bicyclic) bond motifs is 1. The molecule has 1 amide bonds. The average molecular weight is 363 g/mol. The minimum absolute atomic E-state index is 0.0411. The first-order valence-corrected chi connectivity index (χ1v) is 8.74. The number of nitrogens with zero attached hydrogens (tertiary/aromatic N) is 1. The van der Waals surface area contributed by atoms with Crippen LogP contribution in [0.5, 0.6) is 5.75 Å². The van der Waals surface area contributed by atoms with Gasteiger partial charge in [-0.05, 0) is 17.7 Å². The number of carbonyl (C=O) groups excluding carboxylic acids is 1. The smallest absolute Gasteiger partial charge is 0.251 e. The lowest BCUT2D eigenvalue weighted by molar-refractivity contribution is -0.121. The van der Waals surface area contributed by atoms with E-state index in [0.717, 1.165) is 22.9 Å². The average Bonchev–Trinajstić information content (AvgIpc) is 3.08. The van der Waals surface area contributed by atoms with Crippen molar-refractivity contribution in [2.45, 2.75) is 20.0 Å². The van der Waals surface area contributed by atoms with Gasteiger partial charge in [-0.1, -0.05) is 43.2 Å². The molecule has 1 heterocycles. The lowest BCUT2D eigenvalue weighted by atomic mass is 10.2. The van der Waals surface area contributed by atoms with Gasteiger partial charge in [0.2, 0.25) is 0 Å². The molecule has 138 valence electrons. The summed E-state index contributed by atoms with van der Waals surface area (Å²) in [6, 6.07) is 15.2. The van der Waals surface area contributed by atoms with Crippen molar-refractivity contribution >= 4 is 22.6 Å². The normalized spacial score (nSPS) is 10.3. The molecule has 0 saturated heterocycles. The second-order valence-electron chi connectivity index (χ2n) is 5.80. The van der Waals surface area contributed by atoms with Gasteiger partial charge in [0.25, 0.3) is 5.91 Å². The molecule has 3 rings (SSSR count). The standard InChI is InChI=1S/C21H21N3O3/c1-2-3-7-12-27-17-10-11-18-19(13-17)23-24-21(18)22-20(25)15-26-14-16-8-5-4-6-9-16/h4-6,8-11,13H,2,12,14-15H2,1H3,(H2,22,23,24,25). The lowest BCUT2D eigenvalue weighted by Gasteiger charge is -2.05. The van der Waals surface area contributed by atoms with Crippen LogP contribution in [0.3, 0.4) is 0 Å². The van der Waals surface area contributed by atoms with E-state index in [1.165, 1.54) is 0 Å². The van der Waals surface area contributed by atoms with E-state index in [-0.39, 0.29) is 12.5 Å². The number of anilines is 1. The molecule has 0 fully saturated rings. The third-order valence-corrected chi connectivity index (χ3v) is 3.75. The summed E-state index contributed by atoms with van der Waals surface area (Å²) in [7, 11) is 0. The third kappa shape index (κ3) is 5.33. The maximum absolute atomic E-state index is 12.1. The Kier molecular flexibility index (Phi) is 6.45. The fourth-order valence-corrected chi connectivity index (χ4v) is 2.48. The largest absolute Gasteiger partial charge is 0.481 e. The predicted molar refractivity (Wildman–Crippen MR) is 104 cm³/mol. The molecule has 3 aromatic rings. The topological polar surface area (TPSA) is 76.2 Å². The minimum atomic E-state index is -0.255. The zero-order valence-electron chi connectivity index (χ0n) is 15.1. The van der Waals surface area contributed by atoms with Crippen LogP contribution in [-0.2, 0) is 16.1 Å². The number of benzene rings is 2. The highest BCUT2D eigenvalue weighted by atomic mass is 16.5. The highest BCUT2D eigenvalue weighted by molar-refractivity contribution is 6.00. The SMILES string of the molecule is CCC#CCOc1ccc2c(NC(=O)COCc3ccccc3)n[nH]c2c1. The Morgan fingerprint density at radius 3 is 2.85 bits per heavy atom. The van der Waals surface area contributed by atoms with Crippen molar-refractivity contribution in [3.63, 3.8) is 0 Å². The third-order valence-electron chi connectivity index (χ3n) is 3.75. The van der Waals surface area contributed by atoms with Gasteiger partial charge in [-0.2, -0.15) is 5.10 Å². The van der Waals surface area contributed by atoms with Gasteiger partial charge < -0.3 is 14.8 Å². The zero-order chi connectivity index (χ0) is 18.9. The molecule has 2 N–H and O–H groups in total. The Bertz CT molecular complexity index is 955. The first-order valence-electron chi connectivity index (χ1n) is 8.74. The molecular formula is C21H21N3O3. The molecule has 0 aliphatic heterocycles. The van der Waals surface area contributed by atoms with E-state index < -0.39 is 0 Å². The van der Waals surface area contributed by atoms with Crippen molar-refractivity contribution in [3.8, 4) is 17.6 Å². The van der Waals surface area contributed by atoms with Gasteiger partial charge in [0, 0.05) is 17.9 Å². The van der Waals surface area contributed by atoms with E-state index in [1.54, 1.807) is 0 Å². The highest BCUT2D eigenvalue weighted by Crippen LogP contribution is 2.24. The molecule has 27 heavy (non-hydrogen) atoms. The number of nitrogens with one attached hydrogen (secondary N) is 2. The predicted octanol–water partition coefficient (Wildman–Crippen LogP) is 3.51. The number of ether oxygens (including phenoxy) is 2. The molecule has 0 atom stereocenters. The Balaban J connectivity index is 1.54. The van der Waals surface area contributed by atoms with Crippen molar-refractivity contribution in [2.75, 3.05) is 18.5 Å². The van der Waals surface area contributed by atoms with Gasteiger partial charge in [-0.3, -0.25) is 9.89 Å². The molecule has 6 heteroatoms. The van der Waals surface area contributed by atoms with Crippen LogP contribution in [0.25, 0.3) is 10.9 Å². The molecule has 0 aliphatic carbocycles. The van der Waals surface area contributed by atoms with Crippen molar-refractivity contribution in [1.29, 1.82) is 0 Å². The fraction of sp³-hybridized carbons (Fsp3) is 0.238. The minimum Gasteiger partial charge on any atom is -0.481 e. The van der Waals surface area contributed by atoms with Gasteiger partial charge in [0.15, 0.2) is 5.82 Å². The maximum Gasteiger partial charge on any atom is 0.251 e. The van der Waals surface area contributed by atoms with Crippen molar-refractivity contribution in [1.82, 2.24) is 10.2 Å². The second kappa shape index (κ2) is 9.41. The first kappa shape index (κ1) is 18.5. The van der Waals surface area contributed by atoms with Gasteiger partial charge >= 0.3 is 0 Å². The molecule has 0 saturated carbocycles. The monoisotopic (exact) mass is 363 g/mol. The summed E-state index contributed by atoms with van der Waals surface area (Å²) in [5.41, 5.74) is 1.79.